The van der Waals surface area contributed by atoms with Crippen LogP contribution < -0.4 is 0 Å². The molecule has 1 aromatic rings. The Hall–Kier alpha value is -1.08. The van der Waals surface area contributed by atoms with Gasteiger partial charge in [-0.05, 0) is 25.5 Å². The van der Waals surface area contributed by atoms with Gasteiger partial charge < -0.3 is 4.74 Å². The summed E-state index contributed by atoms with van der Waals surface area (Å²) in [6, 6.07) is 11.0. The van der Waals surface area contributed by atoms with Crippen LogP contribution in [-0.4, -0.2) is 6.61 Å². The highest BCUT2D eigenvalue weighted by molar-refractivity contribution is 5.15. The Bertz CT molecular complexity index is 264. The molecule has 0 heterocycles. The Balaban J connectivity index is 2.49. The van der Waals surface area contributed by atoms with Crippen LogP contribution in [0.25, 0.3) is 0 Å². The summed E-state index contributed by atoms with van der Waals surface area (Å²) in [5, 5.41) is 0. The minimum Gasteiger partial charge on any atom is -0.369 e. The molecular weight excluding hydrogens is 160 g/mol. The van der Waals surface area contributed by atoms with Crippen molar-refractivity contribution in [2.75, 3.05) is 6.61 Å². The summed E-state index contributed by atoms with van der Waals surface area (Å²) in [6.45, 7) is 8.38. The maximum atomic E-state index is 5.56. The lowest BCUT2D eigenvalue weighted by Crippen LogP contribution is -2.01. The van der Waals surface area contributed by atoms with Gasteiger partial charge in [0.05, 0.1) is 12.7 Å². The SMILES string of the molecule is C=C(C)COC(C)c1[c]cccc1. The maximum Gasteiger partial charge on any atom is 0.0807 e. The van der Waals surface area contributed by atoms with E-state index in [0.29, 0.717) is 6.61 Å². The second-order valence-electron chi connectivity index (χ2n) is 3.23. The maximum absolute atomic E-state index is 5.56. The minimum absolute atomic E-state index is 0.0953. The van der Waals surface area contributed by atoms with Crippen molar-refractivity contribution >= 4 is 0 Å². The van der Waals surface area contributed by atoms with E-state index in [1.165, 1.54) is 0 Å². The largest absolute Gasteiger partial charge is 0.369 e. The van der Waals surface area contributed by atoms with Gasteiger partial charge in [0.2, 0.25) is 0 Å². The van der Waals surface area contributed by atoms with Gasteiger partial charge in [0.1, 0.15) is 0 Å². The van der Waals surface area contributed by atoms with Gasteiger partial charge in [-0.3, -0.25) is 0 Å². The first-order chi connectivity index (χ1) is 6.20. The zero-order chi connectivity index (χ0) is 9.68. The zero-order valence-corrected chi connectivity index (χ0v) is 8.21. The number of hydrogen-bond donors (Lipinski definition) is 0. The van der Waals surface area contributed by atoms with E-state index in [1.807, 2.05) is 38.1 Å². The van der Waals surface area contributed by atoms with Gasteiger partial charge in [-0.15, -0.1) is 0 Å². The van der Waals surface area contributed by atoms with Crippen LogP contribution >= 0.6 is 0 Å². The van der Waals surface area contributed by atoms with Gasteiger partial charge in [0.25, 0.3) is 0 Å². The van der Waals surface area contributed by atoms with Gasteiger partial charge in [-0.1, -0.05) is 36.4 Å². The van der Waals surface area contributed by atoms with Crippen molar-refractivity contribution < 1.29 is 4.74 Å². The van der Waals surface area contributed by atoms with E-state index in [0.717, 1.165) is 11.1 Å². The van der Waals surface area contributed by atoms with E-state index in [-0.39, 0.29) is 6.10 Å². The first-order valence-electron chi connectivity index (χ1n) is 4.42. The third kappa shape index (κ3) is 3.43. The van der Waals surface area contributed by atoms with Crippen LogP contribution in [0.1, 0.15) is 25.5 Å². The summed E-state index contributed by atoms with van der Waals surface area (Å²) in [4.78, 5) is 0. The molecule has 69 valence electrons. The van der Waals surface area contributed by atoms with Crippen molar-refractivity contribution in [2.24, 2.45) is 0 Å². The Kier molecular flexibility index (Phi) is 3.71. The fourth-order valence-corrected chi connectivity index (χ4v) is 1.02. The highest BCUT2D eigenvalue weighted by Gasteiger charge is 2.03. The van der Waals surface area contributed by atoms with Crippen molar-refractivity contribution in [1.29, 1.82) is 0 Å². The zero-order valence-electron chi connectivity index (χ0n) is 8.21. The fourth-order valence-electron chi connectivity index (χ4n) is 1.02. The van der Waals surface area contributed by atoms with Crippen molar-refractivity contribution in [3.05, 3.63) is 48.0 Å². The van der Waals surface area contributed by atoms with Crippen LogP contribution in [0.5, 0.6) is 0 Å². The van der Waals surface area contributed by atoms with Gasteiger partial charge in [-0.2, -0.15) is 0 Å². The molecule has 0 fully saturated rings. The molecule has 0 aromatic heterocycles. The molecule has 0 amide bonds. The molecule has 1 heteroatoms. The summed E-state index contributed by atoms with van der Waals surface area (Å²) < 4.78 is 5.56. The molecule has 0 aliphatic rings. The molecular formula is C12H15O. The van der Waals surface area contributed by atoms with E-state index in [9.17, 15) is 0 Å². The average Bonchev–Trinajstić information content (AvgIpc) is 2.15. The molecule has 1 atom stereocenters. The van der Waals surface area contributed by atoms with E-state index in [2.05, 4.69) is 12.6 Å². The molecule has 0 saturated carbocycles. The van der Waals surface area contributed by atoms with Crippen LogP contribution in [0.2, 0.25) is 0 Å². The predicted octanol–water partition coefficient (Wildman–Crippen LogP) is 3.14. The van der Waals surface area contributed by atoms with Crippen LogP contribution in [0.15, 0.2) is 36.4 Å². The van der Waals surface area contributed by atoms with E-state index in [4.69, 9.17) is 4.74 Å². The normalized spacial score (nSPS) is 12.5. The quantitative estimate of drug-likeness (QED) is 0.639. The summed E-state index contributed by atoms with van der Waals surface area (Å²) in [7, 11) is 0. The van der Waals surface area contributed by atoms with E-state index >= 15 is 0 Å². The van der Waals surface area contributed by atoms with Crippen molar-refractivity contribution in [2.45, 2.75) is 20.0 Å². The summed E-state index contributed by atoms with van der Waals surface area (Å²) >= 11 is 0. The van der Waals surface area contributed by atoms with Crippen LogP contribution in [0.4, 0.5) is 0 Å². The monoisotopic (exact) mass is 175 g/mol. The predicted molar refractivity (Wildman–Crippen MR) is 54.5 cm³/mol. The van der Waals surface area contributed by atoms with Crippen LogP contribution in [-0.2, 0) is 4.74 Å². The Morgan fingerprint density at radius 2 is 2.38 bits per heavy atom. The molecule has 13 heavy (non-hydrogen) atoms. The number of benzene rings is 1. The van der Waals surface area contributed by atoms with E-state index in [1.54, 1.807) is 0 Å². The first kappa shape index (κ1) is 10.0. The second-order valence-corrected chi connectivity index (χ2v) is 3.23. The lowest BCUT2D eigenvalue weighted by molar-refractivity contribution is 0.0837. The standard InChI is InChI=1S/C12H15O/c1-10(2)9-13-11(3)12-7-5-4-6-8-12/h4-7,11H,1,9H2,2-3H3. The van der Waals surface area contributed by atoms with Gasteiger partial charge in [-0.25, -0.2) is 0 Å². The second kappa shape index (κ2) is 4.83. The van der Waals surface area contributed by atoms with E-state index < -0.39 is 0 Å². The molecule has 0 N–H and O–H groups in total. The van der Waals surface area contributed by atoms with Crippen LogP contribution in [0.3, 0.4) is 0 Å². The van der Waals surface area contributed by atoms with Crippen molar-refractivity contribution in [3.8, 4) is 0 Å². The number of hydrogen-bond acceptors (Lipinski definition) is 1. The summed E-state index contributed by atoms with van der Waals surface area (Å²) in [5.74, 6) is 0. The Morgan fingerprint density at radius 1 is 1.62 bits per heavy atom. The first-order valence-corrected chi connectivity index (χ1v) is 4.42. The average molecular weight is 175 g/mol. The number of ether oxygens (including phenoxy) is 1. The minimum atomic E-state index is 0.0953. The summed E-state index contributed by atoms with van der Waals surface area (Å²) in [6.07, 6.45) is 0.0953. The topological polar surface area (TPSA) is 9.23 Å². The van der Waals surface area contributed by atoms with Gasteiger partial charge in [0.15, 0.2) is 0 Å². The smallest absolute Gasteiger partial charge is 0.0807 e. The van der Waals surface area contributed by atoms with Crippen molar-refractivity contribution in [1.82, 2.24) is 0 Å². The fraction of sp³-hybridized carbons (Fsp3) is 0.333. The third-order valence-electron chi connectivity index (χ3n) is 1.75. The molecule has 0 aliphatic carbocycles. The van der Waals surface area contributed by atoms with Crippen LogP contribution in [0, 0.1) is 6.07 Å². The molecule has 1 rings (SSSR count). The molecule has 1 nitrogen and oxygen atoms in total. The highest BCUT2D eigenvalue weighted by atomic mass is 16.5. The molecule has 0 bridgehead atoms. The molecule has 0 saturated heterocycles. The number of rotatable bonds is 4. The molecule has 1 radical (unpaired) electrons. The van der Waals surface area contributed by atoms with Crippen molar-refractivity contribution in [3.63, 3.8) is 0 Å². The molecule has 1 aromatic carbocycles. The highest BCUT2D eigenvalue weighted by Crippen LogP contribution is 2.15. The lowest BCUT2D eigenvalue weighted by atomic mass is 10.1. The summed E-state index contributed by atoms with van der Waals surface area (Å²) in [5.41, 5.74) is 2.13. The molecule has 0 spiro atoms. The molecule has 0 aliphatic heterocycles. The lowest BCUT2D eigenvalue weighted by Gasteiger charge is -2.12. The van der Waals surface area contributed by atoms with Gasteiger partial charge in [0, 0.05) is 0 Å². The molecule has 1 unspecified atom stereocenters. The Labute approximate surface area is 80.0 Å². The Morgan fingerprint density at radius 3 is 2.92 bits per heavy atom. The third-order valence-corrected chi connectivity index (χ3v) is 1.75. The van der Waals surface area contributed by atoms with Gasteiger partial charge >= 0.3 is 0 Å².